The van der Waals surface area contributed by atoms with Gasteiger partial charge in [-0.3, -0.25) is 4.99 Å². The van der Waals surface area contributed by atoms with Crippen LogP contribution in [-0.2, 0) is 13.1 Å². The maximum Gasteiger partial charge on any atom is 0.191 e. The Hall–Kier alpha value is -2.03. The van der Waals surface area contributed by atoms with Crippen molar-refractivity contribution in [3.8, 4) is 0 Å². The number of furan rings is 1. The van der Waals surface area contributed by atoms with Gasteiger partial charge in [-0.25, -0.2) is 4.98 Å². The Labute approximate surface area is 145 Å². The molecule has 3 heterocycles. The van der Waals surface area contributed by atoms with Crippen LogP contribution < -0.4 is 10.6 Å². The first kappa shape index (κ1) is 16.3. The highest BCUT2D eigenvalue weighted by Crippen LogP contribution is 2.04. The summed E-state index contributed by atoms with van der Waals surface area (Å²) in [5.41, 5.74) is 1.90. The summed E-state index contributed by atoms with van der Waals surface area (Å²) >= 11 is 0. The minimum Gasteiger partial charge on any atom is -0.467 e. The summed E-state index contributed by atoms with van der Waals surface area (Å²) in [7, 11) is 1.74. The second-order valence-electron chi connectivity index (χ2n) is 4.56. The Balaban J connectivity index is 0.00000176. The molecule has 22 heavy (non-hydrogen) atoms. The molecule has 0 atom stereocenters. The van der Waals surface area contributed by atoms with Crippen molar-refractivity contribution in [2.24, 2.45) is 4.99 Å². The van der Waals surface area contributed by atoms with E-state index in [4.69, 9.17) is 4.42 Å². The fourth-order valence-corrected chi connectivity index (χ4v) is 2.05. The number of halogens is 1. The molecule has 0 bridgehead atoms. The molecule has 2 N–H and O–H groups in total. The molecule has 0 aliphatic carbocycles. The lowest BCUT2D eigenvalue weighted by Gasteiger charge is -2.09. The van der Waals surface area contributed by atoms with Gasteiger partial charge in [-0.2, -0.15) is 0 Å². The standard InChI is InChI=1S/C15H17N5O.HI/c1-16-15(18-10-13-5-4-8-21-13)17-9-12-11-20-7-3-2-6-14(20)19-12;/h2-8,11H,9-10H2,1H3,(H2,16,17,18);1H. The molecule has 0 unspecified atom stereocenters. The lowest BCUT2D eigenvalue weighted by atomic mass is 10.4. The van der Waals surface area contributed by atoms with E-state index < -0.39 is 0 Å². The Morgan fingerprint density at radius 3 is 2.82 bits per heavy atom. The molecule has 0 aromatic carbocycles. The van der Waals surface area contributed by atoms with E-state index in [0.29, 0.717) is 19.0 Å². The highest BCUT2D eigenvalue weighted by atomic mass is 127. The van der Waals surface area contributed by atoms with Gasteiger partial charge in [-0.05, 0) is 24.3 Å². The molecule has 0 aliphatic heterocycles. The van der Waals surface area contributed by atoms with Crippen LogP contribution in [0.15, 0.2) is 58.4 Å². The molecule has 6 nitrogen and oxygen atoms in total. The summed E-state index contributed by atoms with van der Waals surface area (Å²) in [4.78, 5) is 8.70. The van der Waals surface area contributed by atoms with Crippen LogP contribution in [0.4, 0.5) is 0 Å². The second-order valence-corrected chi connectivity index (χ2v) is 4.56. The fraction of sp³-hybridized carbons (Fsp3) is 0.200. The van der Waals surface area contributed by atoms with E-state index >= 15 is 0 Å². The van der Waals surface area contributed by atoms with E-state index in [2.05, 4.69) is 20.6 Å². The third-order valence-corrected chi connectivity index (χ3v) is 3.08. The highest BCUT2D eigenvalue weighted by Gasteiger charge is 2.03. The predicted octanol–water partition coefficient (Wildman–Crippen LogP) is 2.41. The van der Waals surface area contributed by atoms with Gasteiger partial charge in [-0.15, -0.1) is 24.0 Å². The maximum absolute atomic E-state index is 5.27. The maximum atomic E-state index is 5.27. The van der Waals surface area contributed by atoms with Crippen LogP contribution in [0, 0.1) is 0 Å². The van der Waals surface area contributed by atoms with E-state index in [1.165, 1.54) is 0 Å². The monoisotopic (exact) mass is 411 g/mol. The smallest absolute Gasteiger partial charge is 0.191 e. The van der Waals surface area contributed by atoms with E-state index in [1.54, 1.807) is 13.3 Å². The topological polar surface area (TPSA) is 66.9 Å². The summed E-state index contributed by atoms with van der Waals surface area (Å²) in [5, 5.41) is 6.42. The Morgan fingerprint density at radius 2 is 2.09 bits per heavy atom. The van der Waals surface area contributed by atoms with Crippen molar-refractivity contribution in [3.05, 3.63) is 60.4 Å². The van der Waals surface area contributed by atoms with Crippen molar-refractivity contribution >= 4 is 35.6 Å². The number of nitrogens with zero attached hydrogens (tertiary/aromatic N) is 3. The minimum absolute atomic E-state index is 0. The Morgan fingerprint density at radius 1 is 1.23 bits per heavy atom. The molecule has 0 saturated carbocycles. The second kappa shape index (κ2) is 7.83. The van der Waals surface area contributed by atoms with E-state index in [1.807, 2.05) is 47.1 Å². The molecule has 0 radical (unpaired) electrons. The van der Waals surface area contributed by atoms with E-state index in [-0.39, 0.29) is 24.0 Å². The molecule has 0 fully saturated rings. The molecule has 0 aliphatic rings. The van der Waals surface area contributed by atoms with Gasteiger partial charge < -0.3 is 19.5 Å². The molecular weight excluding hydrogens is 393 g/mol. The number of pyridine rings is 1. The van der Waals surface area contributed by atoms with Gasteiger partial charge in [0.15, 0.2) is 5.96 Å². The molecule has 0 saturated heterocycles. The third kappa shape index (κ3) is 4.00. The average molecular weight is 411 g/mol. The van der Waals surface area contributed by atoms with E-state index in [0.717, 1.165) is 17.1 Å². The molecule has 3 aromatic heterocycles. The predicted molar refractivity (Wildman–Crippen MR) is 96.4 cm³/mol. The van der Waals surface area contributed by atoms with Gasteiger partial charge in [0.05, 0.1) is 25.0 Å². The zero-order valence-corrected chi connectivity index (χ0v) is 14.5. The van der Waals surface area contributed by atoms with Crippen molar-refractivity contribution in [2.75, 3.05) is 7.05 Å². The molecule has 7 heteroatoms. The number of imidazole rings is 1. The van der Waals surface area contributed by atoms with Crippen LogP contribution in [-0.4, -0.2) is 22.4 Å². The highest BCUT2D eigenvalue weighted by molar-refractivity contribution is 14.0. The zero-order valence-electron chi connectivity index (χ0n) is 12.2. The molecule has 3 aromatic rings. The minimum atomic E-state index is 0. The zero-order chi connectivity index (χ0) is 14.5. The normalized spacial score (nSPS) is 11.2. The molecule has 0 amide bonds. The van der Waals surface area contributed by atoms with Gasteiger partial charge >= 0.3 is 0 Å². The van der Waals surface area contributed by atoms with Gasteiger partial charge in [0.1, 0.15) is 11.4 Å². The van der Waals surface area contributed by atoms with Gasteiger partial charge in [0.2, 0.25) is 0 Å². The summed E-state index contributed by atoms with van der Waals surface area (Å²) in [6, 6.07) is 9.72. The van der Waals surface area contributed by atoms with Crippen LogP contribution in [0.3, 0.4) is 0 Å². The first-order valence-electron chi connectivity index (χ1n) is 6.74. The van der Waals surface area contributed by atoms with Crippen LogP contribution >= 0.6 is 24.0 Å². The number of hydrogen-bond donors (Lipinski definition) is 2. The van der Waals surface area contributed by atoms with Gasteiger partial charge in [-0.1, -0.05) is 6.07 Å². The molecule has 116 valence electrons. The SMILES string of the molecule is CN=C(NCc1cn2ccccc2n1)NCc1ccco1.I. The first-order chi connectivity index (χ1) is 10.3. The Kier molecular flexibility index (Phi) is 5.82. The Bertz CT molecular complexity index is 702. The number of rotatable bonds is 4. The largest absolute Gasteiger partial charge is 0.467 e. The number of hydrogen-bond acceptors (Lipinski definition) is 3. The van der Waals surface area contributed by atoms with Gasteiger partial charge in [0, 0.05) is 19.4 Å². The van der Waals surface area contributed by atoms with Crippen molar-refractivity contribution in [3.63, 3.8) is 0 Å². The van der Waals surface area contributed by atoms with Crippen LogP contribution in [0.5, 0.6) is 0 Å². The number of guanidine groups is 1. The molecular formula is C15H18IN5O. The van der Waals surface area contributed by atoms with Crippen LogP contribution in [0.25, 0.3) is 5.65 Å². The lowest BCUT2D eigenvalue weighted by molar-refractivity contribution is 0.501. The fourth-order valence-electron chi connectivity index (χ4n) is 2.05. The van der Waals surface area contributed by atoms with Gasteiger partial charge in [0.25, 0.3) is 0 Å². The number of fused-ring (bicyclic) bond motifs is 1. The van der Waals surface area contributed by atoms with Crippen molar-refractivity contribution in [1.29, 1.82) is 0 Å². The number of aromatic nitrogens is 2. The summed E-state index contributed by atoms with van der Waals surface area (Å²) in [5.74, 6) is 1.58. The third-order valence-electron chi connectivity index (χ3n) is 3.08. The van der Waals surface area contributed by atoms with E-state index in [9.17, 15) is 0 Å². The summed E-state index contributed by atoms with van der Waals surface area (Å²) in [6.45, 7) is 1.21. The van der Waals surface area contributed by atoms with Crippen LogP contribution in [0.1, 0.15) is 11.5 Å². The summed E-state index contributed by atoms with van der Waals surface area (Å²) in [6.07, 6.45) is 5.64. The van der Waals surface area contributed by atoms with Crippen molar-refractivity contribution in [2.45, 2.75) is 13.1 Å². The number of aliphatic imine (C=N–C) groups is 1. The van der Waals surface area contributed by atoms with Crippen molar-refractivity contribution < 1.29 is 4.42 Å². The lowest BCUT2D eigenvalue weighted by Crippen LogP contribution is -2.36. The molecule has 0 spiro atoms. The molecule has 3 rings (SSSR count). The van der Waals surface area contributed by atoms with Crippen molar-refractivity contribution in [1.82, 2.24) is 20.0 Å². The first-order valence-corrected chi connectivity index (χ1v) is 6.74. The van der Waals surface area contributed by atoms with Crippen LogP contribution in [0.2, 0.25) is 0 Å². The quantitative estimate of drug-likeness (QED) is 0.393. The number of nitrogens with one attached hydrogen (secondary N) is 2. The summed E-state index contributed by atoms with van der Waals surface area (Å²) < 4.78 is 7.27. The average Bonchev–Trinajstić information content (AvgIpc) is 3.16.